The van der Waals surface area contributed by atoms with Crippen LogP contribution in [-0.4, -0.2) is 18.0 Å². The largest absolute Gasteiger partial charge is 0.494 e. The second kappa shape index (κ2) is 5.40. The Morgan fingerprint density at radius 1 is 1.21 bits per heavy atom. The molecule has 0 fully saturated rings. The van der Waals surface area contributed by atoms with Crippen LogP contribution in [0.4, 0.5) is 23.7 Å². The number of halogens is 4. The molecule has 0 heterocycles. The fraction of sp³-hybridized carbons (Fsp3) is 0.417. The Morgan fingerprint density at radius 2 is 1.74 bits per heavy atom. The van der Waals surface area contributed by atoms with Gasteiger partial charge in [0.15, 0.2) is 0 Å². The molecule has 7 heteroatoms. The molecule has 0 saturated heterocycles. The number of para-hydroxylation sites is 1. The van der Waals surface area contributed by atoms with E-state index in [-0.39, 0.29) is 15.1 Å². The lowest BCUT2D eigenvalue weighted by atomic mass is 10.2. The lowest BCUT2D eigenvalue weighted by molar-refractivity contribution is -0.127. The molecule has 0 spiro atoms. The maximum absolute atomic E-state index is 13.0. The highest BCUT2D eigenvalue weighted by atomic mass is 79.9. The smallest absolute Gasteiger partial charge is 0.443 e. The first-order chi connectivity index (χ1) is 8.52. The van der Waals surface area contributed by atoms with Crippen LogP contribution < -0.4 is 4.90 Å². The number of hydrogen-bond acceptors (Lipinski definition) is 2. The van der Waals surface area contributed by atoms with Gasteiger partial charge in [-0.05, 0) is 48.8 Å². The summed E-state index contributed by atoms with van der Waals surface area (Å²) >= 11 is 2.99. The first kappa shape index (κ1) is 15.8. The first-order valence-corrected chi connectivity index (χ1v) is 6.16. The van der Waals surface area contributed by atoms with Crippen molar-refractivity contribution in [1.82, 2.24) is 0 Å². The van der Waals surface area contributed by atoms with Gasteiger partial charge in [0.1, 0.15) is 5.60 Å². The second-order valence-electron chi connectivity index (χ2n) is 4.73. The van der Waals surface area contributed by atoms with E-state index in [2.05, 4.69) is 15.9 Å². The Kier molecular flexibility index (Phi) is 4.50. The fourth-order valence-electron chi connectivity index (χ4n) is 1.28. The summed E-state index contributed by atoms with van der Waals surface area (Å²) in [6, 6.07) is 5.56. The van der Waals surface area contributed by atoms with Crippen molar-refractivity contribution in [1.29, 1.82) is 0 Å². The van der Waals surface area contributed by atoms with Crippen molar-refractivity contribution in [3.63, 3.8) is 0 Å². The number of hydrogen-bond donors (Lipinski definition) is 0. The number of carbonyl (C=O) groups is 1. The summed E-state index contributed by atoms with van der Waals surface area (Å²) < 4.78 is 44.0. The monoisotopic (exact) mass is 339 g/mol. The van der Waals surface area contributed by atoms with Crippen LogP contribution in [0.25, 0.3) is 0 Å². The molecule has 0 unspecified atom stereocenters. The Labute approximate surface area is 117 Å². The van der Waals surface area contributed by atoms with E-state index in [0.717, 1.165) is 0 Å². The molecule has 0 aliphatic heterocycles. The standard InChI is InChI=1S/C12H13BrF3NO2/c1-11(2,3)19-10(18)17(12(14,15)16)9-7-5-4-6-8(9)13/h4-7H,1-3H3. The molecule has 0 aliphatic rings. The van der Waals surface area contributed by atoms with Gasteiger partial charge in [0.25, 0.3) is 0 Å². The normalized spacial score (nSPS) is 12.2. The van der Waals surface area contributed by atoms with Crippen LogP contribution in [0.3, 0.4) is 0 Å². The van der Waals surface area contributed by atoms with Gasteiger partial charge in [-0.2, -0.15) is 4.90 Å². The molecule has 0 N–H and O–H groups in total. The van der Waals surface area contributed by atoms with Crippen LogP contribution in [0.5, 0.6) is 0 Å². The summed E-state index contributed by atoms with van der Waals surface area (Å²) in [4.78, 5) is 11.4. The molecule has 0 atom stereocenters. The molecule has 1 aromatic carbocycles. The first-order valence-electron chi connectivity index (χ1n) is 5.37. The number of nitrogens with zero attached hydrogens (tertiary/aromatic N) is 1. The minimum Gasteiger partial charge on any atom is -0.443 e. The second-order valence-corrected chi connectivity index (χ2v) is 5.59. The predicted octanol–water partition coefficient (Wildman–Crippen LogP) is 4.71. The predicted molar refractivity (Wildman–Crippen MR) is 68.9 cm³/mol. The van der Waals surface area contributed by atoms with Gasteiger partial charge in [-0.25, -0.2) is 4.79 Å². The summed E-state index contributed by atoms with van der Waals surface area (Å²) in [6.45, 7) is 4.50. The molecule has 19 heavy (non-hydrogen) atoms. The van der Waals surface area contributed by atoms with Gasteiger partial charge in [-0.15, -0.1) is 13.2 Å². The van der Waals surface area contributed by atoms with E-state index in [1.54, 1.807) is 6.07 Å². The van der Waals surface area contributed by atoms with Gasteiger partial charge in [-0.1, -0.05) is 12.1 Å². The third kappa shape index (κ3) is 4.41. The average Bonchev–Trinajstić information content (AvgIpc) is 2.16. The quantitative estimate of drug-likeness (QED) is 0.693. The fourth-order valence-corrected chi connectivity index (χ4v) is 1.74. The molecular formula is C12H13BrF3NO2. The van der Waals surface area contributed by atoms with Crippen molar-refractivity contribution in [3.05, 3.63) is 28.7 Å². The molecular weight excluding hydrogens is 327 g/mol. The molecule has 0 aromatic heterocycles. The summed E-state index contributed by atoms with van der Waals surface area (Å²) in [5.74, 6) is 0. The van der Waals surface area contributed by atoms with Crippen LogP contribution in [0, 0.1) is 0 Å². The maximum Gasteiger partial charge on any atom is 0.494 e. The summed E-state index contributed by atoms with van der Waals surface area (Å²) in [5.41, 5.74) is -1.33. The number of ether oxygens (including phenoxy) is 1. The number of anilines is 1. The van der Waals surface area contributed by atoms with Gasteiger partial charge < -0.3 is 4.74 Å². The van der Waals surface area contributed by atoms with Gasteiger partial charge in [0, 0.05) is 4.47 Å². The Hall–Kier alpha value is -1.24. The molecule has 1 rings (SSSR count). The lowest BCUT2D eigenvalue weighted by Gasteiger charge is -2.29. The van der Waals surface area contributed by atoms with Gasteiger partial charge >= 0.3 is 12.4 Å². The number of amides is 1. The number of benzene rings is 1. The highest BCUT2D eigenvalue weighted by Gasteiger charge is 2.45. The number of rotatable bonds is 1. The molecule has 0 bridgehead atoms. The van der Waals surface area contributed by atoms with E-state index in [1.165, 1.54) is 39.0 Å². The minimum atomic E-state index is -4.87. The minimum absolute atomic E-state index is 0.151. The highest BCUT2D eigenvalue weighted by molar-refractivity contribution is 9.10. The molecule has 0 aliphatic carbocycles. The van der Waals surface area contributed by atoms with Crippen molar-refractivity contribution in [2.45, 2.75) is 32.7 Å². The van der Waals surface area contributed by atoms with E-state index in [0.29, 0.717) is 0 Å². The topological polar surface area (TPSA) is 29.5 Å². The number of alkyl halides is 3. The molecule has 0 saturated carbocycles. The van der Waals surface area contributed by atoms with E-state index in [4.69, 9.17) is 4.74 Å². The highest BCUT2D eigenvalue weighted by Crippen LogP contribution is 2.35. The van der Waals surface area contributed by atoms with E-state index >= 15 is 0 Å². The van der Waals surface area contributed by atoms with Crippen LogP contribution >= 0.6 is 15.9 Å². The van der Waals surface area contributed by atoms with E-state index < -0.39 is 18.0 Å². The van der Waals surface area contributed by atoms with Crippen LogP contribution in [-0.2, 0) is 4.74 Å². The zero-order valence-electron chi connectivity index (χ0n) is 10.6. The summed E-state index contributed by atoms with van der Waals surface area (Å²) in [6.07, 6.45) is -6.33. The Balaban J connectivity index is 3.18. The van der Waals surface area contributed by atoms with E-state index in [9.17, 15) is 18.0 Å². The van der Waals surface area contributed by atoms with Crippen LogP contribution in [0.2, 0.25) is 0 Å². The third-order valence-electron chi connectivity index (χ3n) is 1.92. The lowest BCUT2D eigenvalue weighted by Crippen LogP contribution is -2.46. The maximum atomic E-state index is 13.0. The van der Waals surface area contributed by atoms with Crippen molar-refractivity contribution in [3.8, 4) is 0 Å². The number of carbonyl (C=O) groups excluding carboxylic acids is 1. The molecule has 1 amide bonds. The van der Waals surface area contributed by atoms with Crippen molar-refractivity contribution < 1.29 is 22.7 Å². The zero-order valence-corrected chi connectivity index (χ0v) is 12.2. The average molecular weight is 340 g/mol. The van der Waals surface area contributed by atoms with Crippen molar-refractivity contribution >= 4 is 27.7 Å². The van der Waals surface area contributed by atoms with Gasteiger partial charge in [0.05, 0.1) is 5.69 Å². The summed E-state index contributed by atoms with van der Waals surface area (Å²) in [5, 5.41) is 0. The van der Waals surface area contributed by atoms with E-state index in [1.807, 2.05) is 0 Å². The van der Waals surface area contributed by atoms with Gasteiger partial charge in [0.2, 0.25) is 0 Å². The van der Waals surface area contributed by atoms with Gasteiger partial charge in [-0.3, -0.25) is 0 Å². The molecule has 106 valence electrons. The van der Waals surface area contributed by atoms with Crippen LogP contribution in [0.15, 0.2) is 28.7 Å². The molecule has 0 radical (unpaired) electrons. The Bertz CT molecular complexity index is 469. The molecule has 3 nitrogen and oxygen atoms in total. The Morgan fingerprint density at radius 3 is 2.16 bits per heavy atom. The molecule has 1 aromatic rings. The summed E-state index contributed by atoms with van der Waals surface area (Å²) in [7, 11) is 0. The third-order valence-corrected chi connectivity index (χ3v) is 2.59. The SMILES string of the molecule is CC(C)(C)OC(=O)N(c1ccccc1Br)C(F)(F)F. The van der Waals surface area contributed by atoms with Crippen LogP contribution in [0.1, 0.15) is 20.8 Å². The van der Waals surface area contributed by atoms with Crippen molar-refractivity contribution in [2.24, 2.45) is 0 Å². The van der Waals surface area contributed by atoms with Crippen molar-refractivity contribution in [2.75, 3.05) is 4.90 Å². The zero-order chi connectivity index (χ0) is 14.8.